The molecular weight excluding hydrogens is 386 g/mol. The fourth-order valence-electron chi connectivity index (χ4n) is 2.94. The van der Waals surface area contributed by atoms with Crippen molar-refractivity contribution in [2.45, 2.75) is 38.9 Å². The maximum Gasteiger partial charge on any atom is 0.246 e. The molecule has 30 heavy (non-hydrogen) atoms. The highest BCUT2D eigenvalue weighted by Crippen LogP contribution is 2.39. The average molecular weight is 415 g/mol. The van der Waals surface area contributed by atoms with E-state index in [1.165, 1.54) is 4.90 Å². The van der Waals surface area contributed by atoms with Gasteiger partial charge in [0, 0.05) is 20.4 Å². The number of nitrogens with zero attached hydrogens (tertiary/aromatic N) is 1. The fourth-order valence-corrected chi connectivity index (χ4v) is 2.94. The van der Waals surface area contributed by atoms with Gasteiger partial charge in [-0.3, -0.25) is 14.5 Å². The largest absolute Gasteiger partial charge is 0.449 e. The lowest BCUT2D eigenvalue weighted by atomic mass is 10.1. The van der Waals surface area contributed by atoms with Crippen molar-refractivity contribution in [3.63, 3.8) is 0 Å². The third-order valence-corrected chi connectivity index (χ3v) is 4.29. The molecule has 0 saturated carbocycles. The normalized spacial score (nSPS) is 13.5. The molecule has 1 heterocycles. The molecule has 0 fully saturated rings. The second-order valence-corrected chi connectivity index (χ2v) is 7.19. The SMILES string of the molecule is C#CCOCCC(=O)N(CCc1ccc2c(c1)OC(C)(C)O2)C(=O)CCOCC=C. The Labute approximate surface area is 177 Å². The Balaban J connectivity index is 1.98. The minimum absolute atomic E-state index is 0.0796. The highest BCUT2D eigenvalue weighted by atomic mass is 16.7. The summed E-state index contributed by atoms with van der Waals surface area (Å²) in [4.78, 5) is 26.5. The quantitative estimate of drug-likeness (QED) is 0.297. The van der Waals surface area contributed by atoms with E-state index in [1.54, 1.807) is 6.08 Å². The molecule has 0 N–H and O–H groups in total. The first-order chi connectivity index (χ1) is 14.4. The van der Waals surface area contributed by atoms with Gasteiger partial charge < -0.3 is 18.9 Å². The summed E-state index contributed by atoms with van der Waals surface area (Å²) in [6.07, 6.45) is 7.43. The molecule has 0 aliphatic carbocycles. The summed E-state index contributed by atoms with van der Waals surface area (Å²) in [5, 5.41) is 0. The van der Waals surface area contributed by atoms with Gasteiger partial charge in [0.15, 0.2) is 11.5 Å². The van der Waals surface area contributed by atoms with Crippen LogP contribution >= 0.6 is 0 Å². The Morgan fingerprint density at radius 3 is 2.50 bits per heavy atom. The molecule has 7 heteroatoms. The van der Waals surface area contributed by atoms with E-state index in [4.69, 9.17) is 25.4 Å². The van der Waals surface area contributed by atoms with Crippen LogP contribution in [0.4, 0.5) is 0 Å². The Morgan fingerprint density at radius 1 is 1.17 bits per heavy atom. The number of imide groups is 1. The summed E-state index contributed by atoms with van der Waals surface area (Å²) in [5.74, 6) is 2.38. The number of benzene rings is 1. The molecule has 7 nitrogen and oxygen atoms in total. The van der Waals surface area contributed by atoms with Gasteiger partial charge in [-0.05, 0) is 24.1 Å². The number of hydrogen-bond acceptors (Lipinski definition) is 6. The molecule has 0 saturated heterocycles. The minimum Gasteiger partial charge on any atom is -0.449 e. The second kappa shape index (κ2) is 11.4. The second-order valence-electron chi connectivity index (χ2n) is 7.19. The van der Waals surface area contributed by atoms with Crippen LogP contribution < -0.4 is 9.47 Å². The Bertz CT molecular complexity index is 795. The molecule has 0 unspecified atom stereocenters. The summed E-state index contributed by atoms with van der Waals surface area (Å²) < 4.78 is 21.9. The summed E-state index contributed by atoms with van der Waals surface area (Å²) in [6.45, 7) is 8.36. The van der Waals surface area contributed by atoms with Crippen molar-refractivity contribution in [3.05, 3.63) is 36.4 Å². The van der Waals surface area contributed by atoms with Gasteiger partial charge in [0.25, 0.3) is 0 Å². The minimum atomic E-state index is -0.706. The number of rotatable bonds is 12. The molecule has 1 aromatic rings. The zero-order chi connectivity index (χ0) is 22.0. The molecule has 0 bridgehead atoms. The predicted molar refractivity (Wildman–Crippen MR) is 112 cm³/mol. The number of fused-ring (bicyclic) bond motifs is 1. The number of carbonyl (C=O) groups excluding carboxylic acids is 2. The van der Waals surface area contributed by atoms with Gasteiger partial charge in [0.05, 0.1) is 32.7 Å². The molecule has 162 valence electrons. The molecule has 0 aromatic heterocycles. The summed E-state index contributed by atoms with van der Waals surface area (Å²) in [5.41, 5.74) is 0.937. The van der Waals surface area contributed by atoms with Gasteiger partial charge in [-0.1, -0.05) is 18.1 Å². The Morgan fingerprint density at radius 2 is 1.83 bits per heavy atom. The number of terminal acetylenes is 1. The third kappa shape index (κ3) is 7.21. The van der Waals surface area contributed by atoms with Crippen LogP contribution in [-0.2, 0) is 25.5 Å². The van der Waals surface area contributed by atoms with E-state index in [9.17, 15) is 9.59 Å². The Hall–Kier alpha value is -2.82. The number of ether oxygens (including phenoxy) is 4. The maximum atomic E-state index is 12.6. The highest BCUT2D eigenvalue weighted by Gasteiger charge is 2.31. The van der Waals surface area contributed by atoms with Crippen molar-refractivity contribution < 1.29 is 28.5 Å². The smallest absolute Gasteiger partial charge is 0.246 e. The maximum absolute atomic E-state index is 12.6. The number of hydrogen-bond donors (Lipinski definition) is 0. The van der Waals surface area contributed by atoms with Crippen molar-refractivity contribution in [2.24, 2.45) is 0 Å². The van der Waals surface area contributed by atoms with Crippen molar-refractivity contribution in [2.75, 3.05) is 33.0 Å². The van der Waals surface area contributed by atoms with Crippen LogP contribution in [0, 0.1) is 12.3 Å². The summed E-state index contributed by atoms with van der Waals surface area (Å²) in [6, 6.07) is 5.62. The summed E-state index contributed by atoms with van der Waals surface area (Å²) >= 11 is 0. The fraction of sp³-hybridized carbons (Fsp3) is 0.478. The van der Waals surface area contributed by atoms with Crippen molar-refractivity contribution in [1.29, 1.82) is 0 Å². The first-order valence-corrected chi connectivity index (χ1v) is 9.90. The highest BCUT2D eigenvalue weighted by molar-refractivity contribution is 5.95. The molecular formula is C23H29NO6. The van der Waals surface area contributed by atoms with Gasteiger partial charge in [-0.15, -0.1) is 13.0 Å². The number of amides is 2. The molecule has 1 aliphatic heterocycles. The lowest BCUT2D eigenvalue weighted by molar-refractivity contribution is -0.146. The van der Waals surface area contributed by atoms with E-state index >= 15 is 0 Å². The Kier molecular flexibility index (Phi) is 8.90. The first-order valence-electron chi connectivity index (χ1n) is 9.90. The number of carbonyl (C=O) groups is 2. The molecule has 2 amide bonds. The van der Waals surface area contributed by atoms with Gasteiger partial charge in [-0.2, -0.15) is 0 Å². The standard InChI is InChI=1S/C23H29NO6/c1-5-13-27-15-10-21(25)24(22(26)11-16-28-14-6-2)12-9-18-7-8-19-20(17-18)30-23(3,4)29-19/h1,6-8,17H,2,9-16H2,3-4H3. The van der Waals surface area contributed by atoms with Crippen LogP contribution in [0.25, 0.3) is 0 Å². The van der Waals surface area contributed by atoms with Crippen molar-refractivity contribution >= 4 is 11.8 Å². The van der Waals surface area contributed by atoms with Gasteiger partial charge in [0.1, 0.15) is 6.61 Å². The van der Waals surface area contributed by atoms with E-state index in [2.05, 4.69) is 12.5 Å². The zero-order valence-electron chi connectivity index (χ0n) is 17.6. The molecule has 0 spiro atoms. The zero-order valence-corrected chi connectivity index (χ0v) is 17.6. The van der Waals surface area contributed by atoms with Crippen LogP contribution in [-0.4, -0.2) is 55.5 Å². The molecule has 1 aliphatic rings. The van der Waals surface area contributed by atoms with Crippen LogP contribution in [0.3, 0.4) is 0 Å². The predicted octanol–water partition coefficient (Wildman–Crippen LogP) is 2.72. The van der Waals surface area contributed by atoms with Crippen LogP contribution in [0.5, 0.6) is 11.5 Å². The van der Waals surface area contributed by atoms with Crippen molar-refractivity contribution in [3.8, 4) is 23.8 Å². The van der Waals surface area contributed by atoms with E-state index in [1.807, 2.05) is 32.0 Å². The van der Waals surface area contributed by atoms with E-state index in [0.29, 0.717) is 24.5 Å². The molecule has 1 aromatic carbocycles. The van der Waals surface area contributed by atoms with Gasteiger partial charge >= 0.3 is 0 Å². The van der Waals surface area contributed by atoms with E-state index in [0.717, 1.165) is 5.56 Å². The van der Waals surface area contributed by atoms with Gasteiger partial charge in [0.2, 0.25) is 17.6 Å². The molecule has 2 rings (SSSR count). The van der Waals surface area contributed by atoms with E-state index < -0.39 is 5.79 Å². The van der Waals surface area contributed by atoms with Gasteiger partial charge in [-0.25, -0.2) is 0 Å². The molecule has 0 atom stereocenters. The van der Waals surface area contributed by atoms with Crippen LogP contribution in [0.1, 0.15) is 32.3 Å². The lowest BCUT2D eigenvalue weighted by Gasteiger charge is -2.21. The van der Waals surface area contributed by atoms with E-state index in [-0.39, 0.29) is 51.0 Å². The third-order valence-electron chi connectivity index (χ3n) is 4.29. The van der Waals surface area contributed by atoms with Crippen LogP contribution in [0.2, 0.25) is 0 Å². The lowest BCUT2D eigenvalue weighted by Crippen LogP contribution is -2.39. The molecule has 0 radical (unpaired) electrons. The van der Waals surface area contributed by atoms with Crippen LogP contribution in [0.15, 0.2) is 30.9 Å². The summed E-state index contributed by atoms with van der Waals surface area (Å²) in [7, 11) is 0. The average Bonchev–Trinajstić information content (AvgIpc) is 3.01. The topological polar surface area (TPSA) is 74.3 Å². The van der Waals surface area contributed by atoms with Crippen molar-refractivity contribution in [1.82, 2.24) is 4.90 Å². The monoisotopic (exact) mass is 415 g/mol. The first kappa shape index (κ1) is 23.5.